The topological polar surface area (TPSA) is 66.1 Å². The van der Waals surface area contributed by atoms with Gasteiger partial charge in [0.15, 0.2) is 0 Å². The largest absolute Gasteiger partial charge is 0.456 e. The van der Waals surface area contributed by atoms with Gasteiger partial charge < -0.3 is 18.0 Å². The number of rotatable bonds is 2. The van der Waals surface area contributed by atoms with E-state index in [1.54, 1.807) is 0 Å². The molecule has 0 bridgehead atoms. The van der Waals surface area contributed by atoms with Crippen molar-refractivity contribution < 1.29 is 8.83 Å². The fraction of sp³-hybridized carbons (Fsp3) is 0. The van der Waals surface area contributed by atoms with E-state index in [9.17, 15) is 4.79 Å². The summed E-state index contributed by atoms with van der Waals surface area (Å²) in [7, 11) is 0. The van der Waals surface area contributed by atoms with Gasteiger partial charge in [0, 0.05) is 45.2 Å². The van der Waals surface area contributed by atoms with Crippen molar-refractivity contribution in [3.8, 4) is 11.4 Å². The lowest BCUT2D eigenvalue weighted by Gasteiger charge is -2.12. The van der Waals surface area contributed by atoms with Crippen molar-refractivity contribution in [3.63, 3.8) is 0 Å². The van der Waals surface area contributed by atoms with Gasteiger partial charge in [0.2, 0.25) is 5.43 Å². The highest BCUT2D eigenvalue weighted by Crippen LogP contribution is 2.49. The maximum atomic E-state index is 13.5. The van der Waals surface area contributed by atoms with Crippen molar-refractivity contribution in [2.24, 2.45) is 0 Å². The highest BCUT2D eigenvalue weighted by molar-refractivity contribution is 6.39. The van der Waals surface area contributed by atoms with Crippen LogP contribution in [-0.4, -0.2) is 14.1 Å². The molecule has 0 spiro atoms. The van der Waals surface area contributed by atoms with Crippen LogP contribution in [0.15, 0.2) is 153 Å². The van der Waals surface area contributed by atoms with E-state index >= 15 is 0 Å². The normalized spacial score (nSPS) is 12.2. The zero-order valence-corrected chi connectivity index (χ0v) is 25.3. The van der Waals surface area contributed by atoms with Crippen molar-refractivity contribution in [1.82, 2.24) is 14.1 Å². The molecule has 6 heteroatoms. The molecule has 0 aliphatic rings. The van der Waals surface area contributed by atoms with Gasteiger partial charge in [-0.3, -0.25) is 9.78 Å². The molecule has 0 saturated heterocycles. The van der Waals surface area contributed by atoms with Crippen LogP contribution in [0.25, 0.3) is 98.9 Å². The first kappa shape index (κ1) is 25.5. The van der Waals surface area contributed by atoms with Crippen LogP contribution in [0.4, 0.5) is 0 Å². The molecule has 0 amide bonds. The minimum atomic E-state index is -0.0356. The number of aromatic nitrogens is 3. The average Bonchev–Trinajstić information content (AvgIpc) is 3.80. The summed E-state index contributed by atoms with van der Waals surface area (Å²) < 4.78 is 17.8. The molecule has 6 nitrogen and oxygen atoms in total. The molecular formula is C42H23N3O3. The lowest BCUT2D eigenvalue weighted by Crippen LogP contribution is -2.03. The number of hydrogen-bond donors (Lipinski definition) is 0. The molecule has 0 radical (unpaired) electrons. The quantitative estimate of drug-likeness (QED) is 0.181. The molecular weight excluding hydrogens is 594 g/mol. The summed E-state index contributed by atoms with van der Waals surface area (Å²) in [6.45, 7) is 0. The van der Waals surface area contributed by atoms with Crippen LogP contribution in [0, 0.1) is 0 Å². The summed E-state index contributed by atoms with van der Waals surface area (Å²) in [5, 5.41) is 7.55. The van der Waals surface area contributed by atoms with Gasteiger partial charge in [-0.25, -0.2) is 0 Å². The van der Waals surface area contributed by atoms with E-state index in [-0.39, 0.29) is 5.43 Å². The first-order chi connectivity index (χ1) is 23.8. The standard InChI is InChI=1S/C42H23N3O3/c46-41-29-14-6-9-17-34(29)47-35-22-25(18-19-30(35)41)45-31-15-7-4-12-26(31)36-39-37(42-38(40(36)45)28-13-5-8-16-33(28)48-42)27-20-21-43-23-32(27)44(39)24-10-2-1-3-11-24/h1-23H. The highest BCUT2D eigenvalue weighted by Gasteiger charge is 2.27. The van der Waals surface area contributed by atoms with E-state index in [4.69, 9.17) is 8.83 Å². The Morgan fingerprint density at radius 3 is 1.94 bits per heavy atom. The summed E-state index contributed by atoms with van der Waals surface area (Å²) in [6, 6.07) is 42.6. The highest BCUT2D eigenvalue weighted by atomic mass is 16.3. The first-order valence-electron chi connectivity index (χ1n) is 15.9. The molecule has 11 rings (SSSR count). The number of hydrogen-bond acceptors (Lipinski definition) is 4. The van der Waals surface area contributed by atoms with Gasteiger partial charge in [-0.05, 0) is 54.6 Å². The van der Waals surface area contributed by atoms with Crippen molar-refractivity contribution in [3.05, 3.63) is 150 Å². The third kappa shape index (κ3) is 3.20. The smallest absolute Gasteiger partial charge is 0.200 e. The van der Waals surface area contributed by atoms with E-state index < -0.39 is 0 Å². The molecule has 0 atom stereocenters. The summed E-state index contributed by atoms with van der Waals surface area (Å²) in [5.41, 5.74) is 8.78. The van der Waals surface area contributed by atoms with Gasteiger partial charge in [0.1, 0.15) is 22.3 Å². The number of pyridine rings is 1. The Bertz CT molecular complexity index is 3200. The SMILES string of the molecule is O=c1c2ccccc2oc2cc(-n3c4ccccc4c4c5c(c6ccncc6n5-c5ccccc5)c5oc6ccccc6c5c43)ccc12. The second kappa shape index (κ2) is 9.21. The molecule has 0 aliphatic carbocycles. The number of nitrogens with zero attached hydrogens (tertiary/aromatic N) is 3. The van der Waals surface area contributed by atoms with Crippen LogP contribution in [0.1, 0.15) is 0 Å². The average molecular weight is 618 g/mol. The van der Waals surface area contributed by atoms with Crippen molar-refractivity contribution >= 4 is 87.5 Å². The van der Waals surface area contributed by atoms with E-state index in [0.717, 1.165) is 76.9 Å². The van der Waals surface area contributed by atoms with Gasteiger partial charge >= 0.3 is 0 Å². The van der Waals surface area contributed by atoms with Crippen LogP contribution in [0.2, 0.25) is 0 Å². The lowest BCUT2D eigenvalue weighted by atomic mass is 10.0. The van der Waals surface area contributed by atoms with Gasteiger partial charge in [-0.15, -0.1) is 0 Å². The maximum absolute atomic E-state index is 13.5. The molecule has 48 heavy (non-hydrogen) atoms. The van der Waals surface area contributed by atoms with E-state index in [2.05, 4.69) is 80.8 Å². The molecule has 5 aromatic heterocycles. The fourth-order valence-electron chi connectivity index (χ4n) is 7.82. The predicted molar refractivity (Wildman–Crippen MR) is 194 cm³/mol. The predicted octanol–water partition coefficient (Wildman–Crippen LogP) is 10.4. The molecule has 6 aromatic carbocycles. The Balaban J connectivity index is 1.42. The molecule has 0 saturated carbocycles. The van der Waals surface area contributed by atoms with Gasteiger partial charge in [0.25, 0.3) is 0 Å². The Hall–Kier alpha value is -6.66. The molecule has 224 valence electrons. The van der Waals surface area contributed by atoms with E-state index in [1.807, 2.05) is 73.1 Å². The van der Waals surface area contributed by atoms with Crippen LogP contribution < -0.4 is 5.43 Å². The Morgan fingerprint density at radius 2 is 1.10 bits per heavy atom. The lowest BCUT2D eigenvalue weighted by molar-refractivity contribution is 0.659. The molecule has 11 aromatic rings. The molecule has 0 fully saturated rings. The van der Waals surface area contributed by atoms with Crippen LogP contribution in [0.5, 0.6) is 0 Å². The van der Waals surface area contributed by atoms with Crippen molar-refractivity contribution in [2.45, 2.75) is 0 Å². The van der Waals surface area contributed by atoms with Crippen molar-refractivity contribution in [2.75, 3.05) is 0 Å². The molecule has 0 unspecified atom stereocenters. The van der Waals surface area contributed by atoms with E-state index in [0.29, 0.717) is 21.9 Å². The zero-order valence-electron chi connectivity index (χ0n) is 25.3. The van der Waals surface area contributed by atoms with Crippen LogP contribution in [-0.2, 0) is 0 Å². The molecule has 5 heterocycles. The number of fused-ring (bicyclic) bond motifs is 14. The van der Waals surface area contributed by atoms with E-state index in [1.165, 1.54) is 0 Å². The second-order valence-electron chi connectivity index (χ2n) is 12.3. The first-order valence-corrected chi connectivity index (χ1v) is 15.9. The third-order valence-corrected chi connectivity index (χ3v) is 9.78. The number of para-hydroxylation sites is 4. The third-order valence-electron chi connectivity index (χ3n) is 9.78. The molecule has 0 aliphatic heterocycles. The summed E-state index contributed by atoms with van der Waals surface area (Å²) in [4.78, 5) is 18.1. The van der Waals surface area contributed by atoms with Crippen LogP contribution >= 0.6 is 0 Å². The number of benzene rings is 6. The van der Waals surface area contributed by atoms with Gasteiger partial charge in [0.05, 0.1) is 49.8 Å². The minimum Gasteiger partial charge on any atom is -0.456 e. The summed E-state index contributed by atoms with van der Waals surface area (Å²) in [6.07, 6.45) is 3.79. The Labute approximate surface area is 271 Å². The van der Waals surface area contributed by atoms with Crippen molar-refractivity contribution in [1.29, 1.82) is 0 Å². The Kier molecular flexibility index (Phi) is 4.90. The fourth-order valence-corrected chi connectivity index (χ4v) is 7.82. The van der Waals surface area contributed by atoms with Gasteiger partial charge in [-0.1, -0.05) is 66.7 Å². The monoisotopic (exact) mass is 617 g/mol. The zero-order chi connectivity index (χ0) is 31.5. The minimum absolute atomic E-state index is 0.0356. The number of furan rings is 1. The Morgan fingerprint density at radius 1 is 0.479 bits per heavy atom. The summed E-state index contributed by atoms with van der Waals surface area (Å²) >= 11 is 0. The van der Waals surface area contributed by atoms with Crippen LogP contribution in [0.3, 0.4) is 0 Å². The summed E-state index contributed by atoms with van der Waals surface area (Å²) in [5.74, 6) is 0. The maximum Gasteiger partial charge on any atom is 0.200 e. The second-order valence-corrected chi connectivity index (χ2v) is 12.3. The van der Waals surface area contributed by atoms with Gasteiger partial charge in [-0.2, -0.15) is 0 Å². The molecule has 0 N–H and O–H groups in total.